The van der Waals surface area contributed by atoms with E-state index in [-0.39, 0.29) is 4.90 Å². The van der Waals surface area contributed by atoms with Crippen molar-refractivity contribution < 1.29 is 8.42 Å². The molecular formula is C14H19N3O2S2. The fraction of sp³-hybridized carbons (Fsp3) is 0.357. The number of hydrogen-bond donors (Lipinski definition) is 2. The zero-order valence-corrected chi connectivity index (χ0v) is 13.7. The minimum absolute atomic E-state index is 0.225. The van der Waals surface area contributed by atoms with Gasteiger partial charge in [-0.15, -0.1) is 11.3 Å². The van der Waals surface area contributed by atoms with E-state index in [9.17, 15) is 8.42 Å². The Balaban J connectivity index is 2.13. The number of sulfonamides is 1. The summed E-state index contributed by atoms with van der Waals surface area (Å²) in [6.45, 7) is 5.01. The second kappa shape index (κ2) is 7.02. The third kappa shape index (κ3) is 4.03. The summed E-state index contributed by atoms with van der Waals surface area (Å²) in [5.74, 6) is 0.561. The third-order valence-corrected chi connectivity index (χ3v) is 5.40. The summed E-state index contributed by atoms with van der Waals surface area (Å²) in [4.78, 5) is 5.36. The molecule has 0 radical (unpaired) electrons. The first kappa shape index (κ1) is 15.9. The highest BCUT2D eigenvalue weighted by atomic mass is 32.2. The van der Waals surface area contributed by atoms with Gasteiger partial charge in [0.05, 0.1) is 4.90 Å². The molecule has 0 atom stereocenters. The number of rotatable bonds is 7. The average molecular weight is 325 g/mol. The predicted octanol–water partition coefficient (Wildman–Crippen LogP) is 2.62. The number of hydrogen-bond acceptors (Lipinski definition) is 5. The van der Waals surface area contributed by atoms with Crippen molar-refractivity contribution in [2.24, 2.45) is 0 Å². The van der Waals surface area contributed by atoms with E-state index in [1.807, 2.05) is 18.4 Å². The third-order valence-electron chi connectivity index (χ3n) is 3.04. The SMILES string of the molecule is CCNc1cc(S(=O)(=O)NCc2sccc2CC)ccn1. The highest BCUT2D eigenvalue weighted by Crippen LogP contribution is 2.19. The number of nitrogens with zero attached hydrogens (tertiary/aromatic N) is 1. The van der Waals surface area contributed by atoms with Gasteiger partial charge in [-0.05, 0) is 36.4 Å². The second-order valence-electron chi connectivity index (χ2n) is 4.45. The molecule has 0 aliphatic heterocycles. The van der Waals surface area contributed by atoms with Crippen molar-refractivity contribution in [3.8, 4) is 0 Å². The minimum atomic E-state index is -3.53. The average Bonchev–Trinajstić information content (AvgIpc) is 2.93. The van der Waals surface area contributed by atoms with E-state index in [2.05, 4.69) is 21.9 Å². The van der Waals surface area contributed by atoms with E-state index >= 15 is 0 Å². The van der Waals surface area contributed by atoms with Crippen LogP contribution in [0.4, 0.5) is 5.82 Å². The van der Waals surface area contributed by atoms with Gasteiger partial charge >= 0.3 is 0 Å². The maximum atomic E-state index is 12.3. The Labute approximate surface area is 129 Å². The van der Waals surface area contributed by atoms with E-state index in [0.717, 1.165) is 11.3 Å². The molecule has 0 bridgehead atoms. The molecule has 0 unspecified atom stereocenters. The topological polar surface area (TPSA) is 71.1 Å². The number of pyridine rings is 1. The molecule has 2 aromatic rings. The van der Waals surface area contributed by atoms with Gasteiger partial charge in [-0.25, -0.2) is 18.1 Å². The van der Waals surface area contributed by atoms with Gasteiger partial charge in [-0.1, -0.05) is 6.92 Å². The van der Waals surface area contributed by atoms with Crippen LogP contribution >= 0.6 is 11.3 Å². The van der Waals surface area contributed by atoms with Gasteiger partial charge in [0.15, 0.2) is 0 Å². The Kier molecular flexibility index (Phi) is 5.33. The van der Waals surface area contributed by atoms with Crippen molar-refractivity contribution in [3.05, 3.63) is 40.2 Å². The summed E-state index contributed by atoms with van der Waals surface area (Å²) in [6, 6.07) is 5.07. The quantitative estimate of drug-likeness (QED) is 0.821. The molecular weight excluding hydrogens is 306 g/mol. The molecule has 2 aromatic heterocycles. The van der Waals surface area contributed by atoms with Crippen molar-refractivity contribution in [1.82, 2.24) is 9.71 Å². The van der Waals surface area contributed by atoms with Gasteiger partial charge < -0.3 is 5.32 Å². The van der Waals surface area contributed by atoms with Crippen molar-refractivity contribution in [3.63, 3.8) is 0 Å². The largest absolute Gasteiger partial charge is 0.370 e. The summed E-state index contributed by atoms with van der Waals surface area (Å²) in [5, 5.41) is 4.99. The molecule has 0 amide bonds. The van der Waals surface area contributed by atoms with Crippen molar-refractivity contribution in [2.75, 3.05) is 11.9 Å². The molecule has 0 aromatic carbocycles. The lowest BCUT2D eigenvalue weighted by atomic mass is 10.2. The molecule has 2 N–H and O–H groups in total. The van der Waals surface area contributed by atoms with E-state index < -0.39 is 10.0 Å². The number of anilines is 1. The van der Waals surface area contributed by atoms with Gasteiger partial charge in [0.2, 0.25) is 10.0 Å². The molecule has 0 fully saturated rings. The summed E-state index contributed by atoms with van der Waals surface area (Å²) < 4.78 is 27.3. The van der Waals surface area contributed by atoms with Gasteiger partial charge in [-0.2, -0.15) is 0 Å². The van der Waals surface area contributed by atoms with Crippen LogP contribution in [-0.2, 0) is 23.0 Å². The number of nitrogens with one attached hydrogen (secondary N) is 2. The van der Waals surface area contributed by atoms with Crippen LogP contribution in [0, 0.1) is 0 Å². The van der Waals surface area contributed by atoms with E-state index in [0.29, 0.717) is 18.9 Å². The lowest BCUT2D eigenvalue weighted by molar-refractivity contribution is 0.581. The van der Waals surface area contributed by atoms with Crippen molar-refractivity contribution >= 4 is 27.2 Å². The maximum absolute atomic E-state index is 12.3. The normalized spacial score (nSPS) is 11.5. The maximum Gasteiger partial charge on any atom is 0.241 e. The first-order valence-corrected chi connectivity index (χ1v) is 9.18. The van der Waals surface area contributed by atoms with Crippen LogP contribution in [0.3, 0.4) is 0 Å². The van der Waals surface area contributed by atoms with E-state index in [4.69, 9.17) is 0 Å². The van der Waals surface area contributed by atoms with Crippen LogP contribution in [0.1, 0.15) is 24.3 Å². The van der Waals surface area contributed by atoms with Crippen LogP contribution in [0.5, 0.6) is 0 Å². The Hall–Kier alpha value is -1.44. The first-order valence-electron chi connectivity index (χ1n) is 6.81. The summed E-state index contributed by atoms with van der Waals surface area (Å²) in [6.07, 6.45) is 2.40. The second-order valence-corrected chi connectivity index (χ2v) is 7.22. The smallest absolute Gasteiger partial charge is 0.241 e. The number of aryl methyl sites for hydroxylation is 1. The molecule has 5 nitrogen and oxygen atoms in total. The fourth-order valence-corrected chi connectivity index (χ4v) is 3.95. The molecule has 0 saturated carbocycles. The summed E-state index contributed by atoms with van der Waals surface area (Å²) >= 11 is 1.57. The zero-order valence-electron chi connectivity index (χ0n) is 12.1. The number of aromatic nitrogens is 1. The monoisotopic (exact) mass is 325 g/mol. The van der Waals surface area contributed by atoms with Crippen molar-refractivity contribution in [1.29, 1.82) is 0 Å². The van der Waals surface area contributed by atoms with Gasteiger partial charge in [-0.3, -0.25) is 0 Å². The summed E-state index contributed by atoms with van der Waals surface area (Å²) in [7, 11) is -3.53. The highest BCUT2D eigenvalue weighted by Gasteiger charge is 2.15. The van der Waals surface area contributed by atoms with Crippen LogP contribution in [-0.4, -0.2) is 19.9 Å². The molecule has 21 heavy (non-hydrogen) atoms. The van der Waals surface area contributed by atoms with Gasteiger partial charge in [0.1, 0.15) is 5.82 Å². The molecule has 0 aliphatic carbocycles. The first-order chi connectivity index (χ1) is 10.1. The Morgan fingerprint density at radius 2 is 2.10 bits per heavy atom. The molecule has 7 heteroatoms. The standard InChI is InChI=1S/C14H19N3O2S2/c1-3-11-6-8-20-13(11)10-17-21(18,19)12-5-7-16-14(9-12)15-4-2/h5-9,17H,3-4,10H2,1-2H3,(H,15,16). The Bertz CT molecular complexity index is 696. The number of thiophene rings is 1. The van der Waals surface area contributed by atoms with Crippen molar-refractivity contribution in [2.45, 2.75) is 31.7 Å². The van der Waals surface area contributed by atoms with Gasteiger partial charge in [0.25, 0.3) is 0 Å². The van der Waals surface area contributed by atoms with Crippen LogP contribution in [0.2, 0.25) is 0 Å². The fourth-order valence-electron chi connectivity index (χ4n) is 1.94. The molecule has 114 valence electrons. The van der Waals surface area contributed by atoms with E-state index in [1.165, 1.54) is 17.8 Å². The van der Waals surface area contributed by atoms with Crippen LogP contribution in [0.15, 0.2) is 34.7 Å². The Morgan fingerprint density at radius 1 is 1.29 bits per heavy atom. The molecule has 2 rings (SSSR count). The summed E-state index contributed by atoms with van der Waals surface area (Å²) in [5.41, 5.74) is 1.19. The molecule has 2 heterocycles. The minimum Gasteiger partial charge on any atom is -0.370 e. The van der Waals surface area contributed by atoms with Crippen LogP contribution < -0.4 is 10.0 Å². The molecule has 0 saturated heterocycles. The van der Waals surface area contributed by atoms with E-state index in [1.54, 1.807) is 17.4 Å². The lowest BCUT2D eigenvalue weighted by Gasteiger charge is -2.08. The molecule has 0 aliphatic rings. The predicted molar refractivity (Wildman–Crippen MR) is 86.1 cm³/mol. The zero-order chi connectivity index (χ0) is 15.3. The van der Waals surface area contributed by atoms with Crippen LogP contribution in [0.25, 0.3) is 0 Å². The lowest BCUT2D eigenvalue weighted by Crippen LogP contribution is -2.23. The highest BCUT2D eigenvalue weighted by molar-refractivity contribution is 7.89. The Morgan fingerprint density at radius 3 is 2.81 bits per heavy atom. The molecule has 0 spiro atoms. The van der Waals surface area contributed by atoms with Gasteiger partial charge in [0, 0.05) is 30.2 Å².